The molecule has 0 spiro atoms. The van der Waals surface area contributed by atoms with Gasteiger partial charge in [0.1, 0.15) is 0 Å². The van der Waals surface area contributed by atoms with E-state index in [9.17, 15) is 4.79 Å². The van der Waals surface area contributed by atoms with Gasteiger partial charge in [0.15, 0.2) is 0 Å². The first-order valence-corrected chi connectivity index (χ1v) is 7.64. The van der Waals surface area contributed by atoms with Crippen molar-refractivity contribution in [2.75, 3.05) is 33.7 Å². The minimum atomic E-state index is 0.109. The van der Waals surface area contributed by atoms with Crippen molar-refractivity contribution in [3.05, 3.63) is 21.9 Å². The predicted octanol–water partition coefficient (Wildman–Crippen LogP) is 1.08. The third-order valence-electron chi connectivity index (χ3n) is 3.68. The summed E-state index contributed by atoms with van der Waals surface area (Å²) < 4.78 is 0. The van der Waals surface area contributed by atoms with Crippen molar-refractivity contribution in [2.24, 2.45) is 11.7 Å². The van der Waals surface area contributed by atoms with Crippen molar-refractivity contribution >= 4 is 17.2 Å². The molecule has 2 unspecified atom stereocenters. The minimum absolute atomic E-state index is 0.109. The van der Waals surface area contributed by atoms with Crippen molar-refractivity contribution in [3.63, 3.8) is 0 Å². The highest BCUT2D eigenvalue weighted by molar-refractivity contribution is 7.10. The van der Waals surface area contributed by atoms with Gasteiger partial charge in [-0.3, -0.25) is 4.79 Å². The van der Waals surface area contributed by atoms with Gasteiger partial charge in [0, 0.05) is 24.5 Å². The van der Waals surface area contributed by atoms with E-state index in [2.05, 4.69) is 37.8 Å². The Morgan fingerprint density at radius 2 is 2.30 bits per heavy atom. The van der Waals surface area contributed by atoms with Gasteiger partial charge in [0.25, 0.3) is 5.91 Å². The summed E-state index contributed by atoms with van der Waals surface area (Å²) in [5.41, 5.74) is 6.09. The Hall–Kier alpha value is -1.35. The Kier molecular flexibility index (Phi) is 4.81. The molecule has 0 bridgehead atoms. The molecule has 1 aliphatic rings. The second kappa shape index (κ2) is 6.40. The van der Waals surface area contributed by atoms with Crippen LogP contribution in [0.15, 0.2) is 11.4 Å². The molecule has 2 rings (SSSR count). The van der Waals surface area contributed by atoms with Crippen LogP contribution in [-0.4, -0.2) is 55.5 Å². The van der Waals surface area contributed by atoms with Crippen molar-refractivity contribution in [2.45, 2.75) is 13.0 Å². The molecular weight excluding hydrogens is 270 g/mol. The van der Waals surface area contributed by atoms with Crippen molar-refractivity contribution in [3.8, 4) is 11.8 Å². The van der Waals surface area contributed by atoms with Crippen LogP contribution in [-0.2, 0) is 0 Å². The third kappa shape index (κ3) is 3.21. The van der Waals surface area contributed by atoms with Crippen LogP contribution in [0.3, 0.4) is 0 Å². The third-order valence-corrected chi connectivity index (χ3v) is 4.53. The summed E-state index contributed by atoms with van der Waals surface area (Å²) in [6.07, 6.45) is 0. The Labute approximate surface area is 124 Å². The van der Waals surface area contributed by atoms with E-state index in [1.807, 2.05) is 16.3 Å². The summed E-state index contributed by atoms with van der Waals surface area (Å²) in [6, 6.07) is 2.30. The lowest BCUT2D eigenvalue weighted by Crippen LogP contribution is -2.35. The Morgan fingerprint density at radius 1 is 1.55 bits per heavy atom. The molecule has 1 fully saturated rings. The molecule has 1 aromatic heterocycles. The average molecular weight is 291 g/mol. The van der Waals surface area contributed by atoms with Crippen LogP contribution in [0.2, 0.25) is 0 Å². The van der Waals surface area contributed by atoms with E-state index in [1.165, 1.54) is 11.3 Å². The SMILES string of the molecule is CC1CN(C(=O)c2csc(C#CCN)c2)CC1N(C)C. The molecular formula is C15H21N3OS. The first kappa shape index (κ1) is 15.0. The van der Waals surface area contributed by atoms with Gasteiger partial charge < -0.3 is 15.5 Å². The number of hydrogen-bond acceptors (Lipinski definition) is 4. The number of rotatable bonds is 2. The monoisotopic (exact) mass is 291 g/mol. The molecule has 5 heteroatoms. The quantitative estimate of drug-likeness (QED) is 0.830. The Balaban J connectivity index is 2.07. The van der Waals surface area contributed by atoms with Gasteiger partial charge >= 0.3 is 0 Å². The summed E-state index contributed by atoms with van der Waals surface area (Å²) >= 11 is 1.50. The lowest BCUT2D eigenvalue weighted by molar-refractivity contribution is 0.0782. The van der Waals surface area contributed by atoms with Gasteiger partial charge in [-0.15, -0.1) is 11.3 Å². The number of thiophene rings is 1. The second-order valence-electron chi connectivity index (χ2n) is 5.42. The molecule has 20 heavy (non-hydrogen) atoms. The molecule has 1 amide bonds. The molecule has 0 saturated carbocycles. The predicted molar refractivity (Wildman–Crippen MR) is 82.8 cm³/mol. The highest BCUT2D eigenvalue weighted by atomic mass is 32.1. The van der Waals surface area contributed by atoms with E-state index in [4.69, 9.17) is 5.73 Å². The molecule has 2 N–H and O–H groups in total. The van der Waals surface area contributed by atoms with Crippen LogP contribution in [0.4, 0.5) is 0 Å². The van der Waals surface area contributed by atoms with Gasteiger partial charge in [-0.05, 0) is 26.1 Å². The van der Waals surface area contributed by atoms with Crippen LogP contribution in [0.5, 0.6) is 0 Å². The minimum Gasteiger partial charge on any atom is -0.337 e. The zero-order chi connectivity index (χ0) is 14.7. The number of carbonyl (C=O) groups excluding carboxylic acids is 1. The van der Waals surface area contributed by atoms with Crippen molar-refractivity contribution in [1.82, 2.24) is 9.80 Å². The lowest BCUT2D eigenvalue weighted by atomic mass is 10.1. The maximum Gasteiger partial charge on any atom is 0.254 e. The summed E-state index contributed by atoms with van der Waals surface area (Å²) in [4.78, 5) is 17.5. The van der Waals surface area contributed by atoms with Crippen molar-refractivity contribution in [1.29, 1.82) is 0 Å². The zero-order valence-electron chi connectivity index (χ0n) is 12.2. The first-order valence-electron chi connectivity index (χ1n) is 6.76. The molecule has 0 aliphatic carbocycles. The van der Waals surface area contributed by atoms with Crippen molar-refractivity contribution < 1.29 is 4.79 Å². The highest BCUT2D eigenvalue weighted by Crippen LogP contribution is 2.23. The van der Waals surface area contributed by atoms with Gasteiger partial charge in [0.05, 0.1) is 17.0 Å². The largest absolute Gasteiger partial charge is 0.337 e. The molecule has 1 saturated heterocycles. The number of nitrogens with zero attached hydrogens (tertiary/aromatic N) is 2. The van der Waals surface area contributed by atoms with Gasteiger partial charge in [0.2, 0.25) is 0 Å². The summed E-state index contributed by atoms with van der Waals surface area (Å²) in [6.45, 7) is 4.16. The number of likely N-dealkylation sites (tertiary alicyclic amines) is 1. The fraction of sp³-hybridized carbons (Fsp3) is 0.533. The standard InChI is InChI=1S/C15H21N3OS/c1-11-8-18(9-14(11)17(2)3)15(19)12-7-13(20-10-12)5-4-6-16/h7,10-11,14H,6,8-9,16H2,1-3H3. The average Bonchev–Trinajstić information content (AvgIpc) is 3.02. The molecule has 0 radical (unpaired) electrons. The summed E-state index contributed by atoms with van der Waals surface area (Å²) in [5.74, 6) is 6.40. The van der Waals surface area contributed by atoms with E-state index < -0.39 is 0 Å². The summed E-state index contributed by atoms with van der Waals surface area (Å²) in [7, 11) is 4.14. The summed E-state index contributed by atoms with van der Waals surface area (Å²) in [5, 5.41) is 1.89. The zero-order valence-corrected chi connectivity index (χ0v) is 13.0. The van der Waals surface area contributed by atoms with E-state index in [0.29, 0.717) is 18.5 Å². The van der Waals surface area contributed by atoms with E-state index in [1.54, 1.807) is 0 Å². The second-order valence-corrected chi connectivity index (χ2v) is 6.34. The molecule has 2 heterocycles. The van der Waals surface area contributed by atoms with Gasteiger partial charge in [-0.2, -0.15) is 0 Å². The van der Waals surface area contributed by atoms with Crippen LogP contribution < -0.4 is 5.73 Å². The smallest absolute Gasteiger partial charge is 0.254 e. The molecule has 0 aromatic carbocycles. The van der Waals surface area contributed by atoms with Crippen LogP contribution in [0.1, 0.15) is 22.2 Å². The van der Waals surface area contributed by atoms with E-state index in [0.717, 1.165) is 23.5 Å². The van der Waals surface area contributed by atoms with Crippen LogP contribution >= 0.6 is 11.3 Å². The molecule has 1 aromatic rings. The normalized spacial score (nSPS) is 21.9. The fourth-order valence-electron chi connectivity index (χ4n) is 2.62. The number of likely N-dealkylation sites (N-methyl/N-ethyl adjacent to an activating group) is 1. The molecule has 4 nitrogen and oxygen atoms in total. The van der Waals surface area contributed by atoms with Gasteiger partial charge in [-0.1, -0.05) is 18.8 Å². The maximum absolute atomic E-state index is 12.5. The van der Waals surface area contributed by atoms with E-state index in [-0.39, 0.29) is 5.91 Å². The maximum atomic E-state index is 12.5. The molecule has 108 valence electrons. The fourth-order valence-corrected chi connectivity index (χ4v) is 3.37. The Morgan fingerprint density at radius 3 is 2.90 bits per heavy atom. The molecule has 2 atom stereocenters. The number of hydrogen-bond donors (Lipinski definition) is 1. The van der Waals surface area contributed by atoms with Gasteiger partial charge in [-0.25, -0.2) is 0 Å². The number of nitrogens with two attached hydrogens (primary N) is 1. The van der Waals surface area contributed by atoms with Crippen LogP contribution in [0, 0.1) is 17.8 Å². The first-order chi connectivity index (χ1) is 9.52. The highest BCUT2D eigenvalue weighted by Gasteiger charge is 2.34. The number of carbonyl (C=O) groups is 1. The Bertz CT molecular complexity index is 541. The topological polar surface area (TPSA) is 49.6 Å². The molecule has 1 aliphatic heterocycles. The lowest BCUT2D eigenvalue weighted by Gasteiger charge is -2.22. The van der Waals surface area contributed by atoms with E-state index >= 15 is 0 Å². The number of amides is 1. The van der Waals surface area contributed by atoms with Crippen LogP contribution in [0.25, 0.3) is 0 Å².